The van der Waals surface area contributed by atoms with Gasteiger partial charge in [0.25, 0.3) is 0 Å². The fourth-order valence-corrected chi connectivity index (χ4v) is 7.63. The molecule has 1 saturated carbocycles. The Labute approximate surface area is 343 Å². The first-order valence-corrected chi connectivity index (χ1v) is 23.4. The first-order valence-electron chi connectivity index (χ1n) is 23.4. The normalized spacial score (nSPS) is 18.9. The van der Waals surface area contributed by atoms with Gasteiger partial charge in [0, 0.05) is 31.1 Å². The van der Waals surface area contributed by atoms with Gasteiger partial charge >= 0.3 is 11.9 Å². The van der Waals surface area contributed by atoms with E-state index in [0.717, 1.165) is 44.4 Å². The van der Waals surface area contributed by atoms with Crippen LogP contribution in [0.4, 0.5) is 0 Å². The second-order valence-electron chi connectivity index (χ2n) is 16.9. The summed E-state index contributed by atoms with van der Waals surface area (Å²) in [5.41, 5.74) is 0. The molecule has 1 rings (SSSR count). The third-order valence-electron chi connectivity index (χ3n) is 11.7. The highest BCUT2D eigenvalue weighted by Crippen LogP contribution is 2.33. The minimum Gasteiger partial charge on any atom is -0.462 e. The lowest BCUT2D eigenvalue weighted by atomic mass is 9.90. The Kier molecular flexibility index (Phi) is 33.5. The lowest BCUT2D eigenvalue weighted by molar-refractivity contribution is -0.161. The third kappa shape index (κ3) is 28.4. The van der Waals surface area contributed by atoms with Crippen LogP contribution in [-0.4, -0.2) is 64.6 Å². The van der Waals surface area contributed by atoms with Gasteiger partial charge in [0.1, 0.15) is 12.4 Å². The topological polar surface area (TPSA) is 130 Å². The number of ether oxygens (including phenoxy) is 2. The van der Waals surface area contributed by atoms with Crippen molar-refractivity contribution >= 4 is 17.7 Å². The first kappa shape index (κ1) is 52.0. The Morgan fingerprint density at radius 3 is 1.82 bits per heavy atom. The molecule has 1 unspecified atom stereocenters. The van der Waals surface area contributed by atoms with Gasteiger partial charge in [0.2, 0.25) is 0 Å². The monoisotopic (exact) mass is 791 g/mol. The van der Waals surface area contributed by atoms with Gasteiger partial charge < -0.3 is 24.8 Å². The molecule has 0 spiro atoms. The molecular weight excluding hydrogens is 705 g/mol. The Balaban J connectivity index is 2.01. The van der Waals surface area contributed by atoms with Crippen LogP contribution in [-0.2, 0) is 23.9 Å². The standard InChI is InChI=1S/C48H86O8/c1-4-6-25-31-41(50)35-36-44-43(45(51)37-46(44)52)32-27-23-24-29-34-48(54)56-42(38-49)39-55-47(53)33-28-22-20-18-16-14-12-10-8-7-9-11-13-15-17-19-21-26-30-40(3)5-2/h23,27,35-36,40-44,46,49-50,52H,4-22,24-26,28-34,37-39H2,1-3H3/b27-23-,36-35+/t40?,41-,42-,43+,44+,46+/m0/s1. The van der Waals surface area contributed by atoms with Gasteiger partial charge in [-0.2, -0.15) is 0 Å². The molecule has 1 fully saturated rings. The molecule has 8 nitrogen and oxygen atoms in total. The molecule has 0 saturated heterocycles. The van der Waals surface area contributed by atoms with Crippen LogP contribution in [0.15, 0.2) is 24.3 Å². The minimum absolute atomic E-state index is 0.0300. The van der Waals surface area contributed by atoms with E-state index in [1.54, 1.807) is 12.2 Å². The van der Waals surface area contributed by atoms with E-state index in [4.69, 9.17) is 9.47 Å². The van der Waals surface area contributed by atoms with Crippen LogP contribution in [0, 0.1) is 17.8 Å². The number of hydrogen-bond acceptors (Lipinski definition) is 8. The third-order valence-corrected chi connectivity index (χ3v) is 11.7. The predicted molar refractivity (Wildman–Crippen MR) is 229 cm³/mol. The van der Waals surface area contributed by atoms with Crippen LogP contribution >= 0.6 is 0 Å². The van der Waals surface area contributed by atoms with E-state index in [0.29, 0.717) is 32.1 Å². The van der Waals surface area contributed by atoms with Gasteiger partial charge in [-0.3, -0.25) is 14.4 Å². The number of carbonyl (C=O) groups is 3. The van der Waals surface area contributed by atoms with Crippen molar-refractivity contribution < 1.29 is 39.2 Å². The average molecular weight is 791 g/mol. The molecule has 0 radical (unpaired) electrons. The molecule has 0 aromatic heterocycles. The van der Waals surface area contributed by atoms with Gasteiger partial charge in [-0.1, -0.05) is 186 Å². The summed E-state index contributed by atoms with van der Waals surface area (Å²) < 4.78 is 10.6. The highest BCUT2D eigenvalue weighted by molar-refractivity contribution is 5.84. The summed E-state index contributed by atoms with van der Waals surface area (Å²) in [4.78, 5) is 37.0. The average Bonchev–Trinajstić information content (AvgIpc) is 3.46. The van der Waals surface area contributed by atoms with Crippen molar-refractivity contribution in [1.82, 2.24) is 0 Å². The van der Waals surface area contributed by atoms with E-state index in [1.807, 2.05) is 12.2 Å². The van der Waals surface area contributed by atoms with Crippen molar-refractivity contribution in [3.63, 3.8) is 0 Å². The molecule has 0 bridgehead atoms. The number of allylic oxidation sites excluding steroid dienone is 2. The summed E-state index contributed by atoms with van der Waals surface area (Å²) in [5, 5.41) is 30.2. The predicted octanol–water partition coefficient (Wildman–Crippen LogP) is 11.5. The molecule has 8 heteroatoms. The Bertz CT molecular complexity index is 1020. The van der Waals surface area contributed by atoms with Crippen LogP contribution < -0.4 is 0 Å². The number of aliphatic hydroxyl groups excluding tert-OH is 3. The van der Waals surface area contributed by atoms with E-state index in [2.05, 4.69) is 20.8 Å². The number of aliphatic hydroxyl groups is 3. The molecule has 0 aromatic rings. The van der Waals surface area contributed by atoms with E-state index >= 15 is 0 Å². The summed E-state index contributed by atoms with van der Waals surface area (Å²) in [7, 11) is 0. The summed E-state index contributed by atoms with van der Waals surface area (Å²) in [6.07, 6.45) is 37.4. The molecule has 0 amide bonds. The van der Waals surface area contributed by atoms with Crippen molar-refractivity contribution in [2.45, 2.75) is 232 Å². The molecule has 326 valence electrons. The van der Waals surface area contributed by atoms with Gasteiger partial charge in [-0.15, -0.1) is 0 Å². The lowest BCUT2D eigenvalue weighted by Crippen LogP contribution is -2.28. The second-order valence-corrected chi connectivity index (χ2v) is 16.9. The fourth-order valence-electron chi connectivity index (χ4n) is 7.63. The summed E-state index contributed by atoms with van der Waals surface area (Å²) in [6, 6.07) is 0. The molecule has 1 aliphatic carbocycles. The molecule has 56 heavy (non-hydrogen) atoms. The van der Waals surface area contributed by atoms with Crippen LogP contribution in [0.2, 0.25) is 0 Å². The Hall–Kier alpha value is -2.03. The summed E-state index contributed by atoms with van der Waals surface area (Å²) >= 11 is 0. The molecule has 0 aromatic carbocycles. The van der Waals surface area contributed by atoms with Crippen molar-refractivity contribution in [2.24, 2.45) is 17.8 Å². The Morgan fingerprint density at radius 2 is 1.27 bits per heavy atom. The van der Waals surface area contributed by atoms with Crippen molar-refractivity contribution in [1.29, 1.82) is 0 Å². The molecule has 1 aliphatic rings. The molecular formula is C48H86O8. The molecule has 6 atom stereocenters. The maximum atomic E-state index is 12.5. The van der Waals surface area contributed by atoms with Crippen LogP contribution in [0.3, 0.4) is 0 Å². The summed E-state index contributed by atoms with van der Waals surface area (Å²) in [6.45, 7) is 6.23. The zero-order chi connectivity index (χ0) is 41.1. The maximum absolute atomic E-state index is 12.5. The quantitative estimate of drug-likeness (QED) is 0.0320. The number of unbranched alkanes of at least 4 members (excludes halogenated alkanes) is 20. The number of rotatable bonds is 38. The zero-order valence-electron chi connectivity index (χ0n) is 36.3. The van der Waals surface area contributed by atoms with E-state index in [9.17, 15) is 29.7 Å². The second kappa shape index (κ2) is 36.1. The number of Topliss-reactive ketones (excluding diaryl/α,β-unsaturated/α-hetero) is 1. The lowest BCUT2D eigenvalue weighted by Gasteiger charge is -2.16. The smallest absolute Gasteiger partial charge is 0.306 e. The maximum Gasteiger partial charge on any atom is 0.306 e. The molecule has 0 aliphatic heterocycles. The minimum atomic E-state index is -0.874. The zero-order valence-corrected chi connectivity index (χ0v) is 36.3. The molecule has 3 N–H and O–H groups in total. The number of esters is 2. The molecule has 0 heterocycles. The first-order chi connectivity index (χ1) is 27.2. The van der Waals surface area contributed by atoms with Crippen LogP contribution in [0.5, 0.6) is 0 Å². The summed E-state index contributed by atoms with van der Waals surface area (Å²) in [5.74, 6) is -0.472. The van der Waals surface area contributed by atoms with Crippen LogP contribution in [0.1, 0.15) is 213 Å². The van der Waals surface area contributed by atoms with Crippen molar-refractivity contribution in [2.75, 3.05) is 13.2 Å². The number of carbonyl (C=O) groups excluding carboxylic acids is 3. The fraction of sp³-hybridized carbons (Fsp3) is 0.854. The van der Waals surface area contributed by atoms with Crippen LogP contribution in [0.25, 0.3) is 0 Å². The largest absolute Gasteiger partial charge is 0.462 e. The highest BCUT2D eigenvalue weighted by Gasteiger charge is 2.39. The van der Waals surface area contributed by atoms with Crippen molar-refractivity contribution in [3.05, 3.63) is 24.3 Å². The van der Waals surface area contributed by atoms with E-state index in [-0.39, 0.29) is 43.0 Å². The number of hydrogen-bond donors (Lipinski definition) is 3. The van der Waals surface area contributed by atoms with Gasteiger partial charge in [0.05, 0.1) is 18.8 Å². The SMILES string of the molecule is CCCCC[C@H](O)/C=C/[C@H]1[C@H](O)CC(=O)[C@@H]1C/C=C\CCCC(=O)O[C@@H](CO)COC(=O)CCCCCCCCCCCCCCCCCCCCC(C)CC. The number of ketones is 1. The Morgan fingerprint density at radius 1 is 0.732 bits per heavy atom. The van der Waals surface area contributed by atoms with E-state index in [1.165, 1.54) is 109 Å². The van der Waals surface area contributed by atoms with Gasteiger partial charge in [-0.05, 0) is 38.0 Å². The van der Waals surface area contributed by atoms with E-state index < -0.39 is 30.9 Å². The highest BCUT2D eigenvalue weighted by atomic mass is 16.6. The van der Waals surface area contributed by atoms with Crippen molar-refractivity contribution in [3.8, 4) is 0 Å². The van der Waals surface area contributed by atoms with Gasteiger partial charge in [-0.25, -0.2) is 0 Å². The van der Waals surface area contributed by atoms with Gasteiger partial charge in [0.15, 0.2) is 6.10 Å².